The Hall–Kier alpha value is -2.25. The smallest absolute Gasteiger partial charge is 0.243 e. The van der Waals surface area contributed by atoms with Crippen molar-refractivity contribution in [2.24, 2.45) is 5.73 Å². The number of benzene rings is 1. The molecule has 3 N–H and O–H groups in total. The van der Waals surface area contributed by atoms with E-state index in [2.05, 4.69) is 22.4 Å². The molecule has 2 atom stereocenters. The van der Waals surface area contributed by atoms with Gasteiger partial charge in [0.25, 0.3) is 0 Å². The van der Waals surface area contributed by atoms with Crippen LogP contribution in [0, 0.1) is 6.92 Å². The number of likely N-dealkylation sites (tertiary alicyclic amines) is 1. The highest BCUT2D eigenvalue weighted by atomic mass is 32.1. The van der Waals surface area contributed by atoms with Gasteiger partial charge in [0.05, 0.1) is 28.7 Å². The lowest BCUT2D eigenvalue weighted by molar-refractivity contribution is -0.137. The molecule has 2 aromatic rings. The van der Waals surface area contributed by atoms with E-state index < -0.39 is 6.04 Å². The maximum Gasteiger partial charge on any atom is 0.243 e. The quantitative estimate of drug-likeness (QED) is 0.842. The van der Waals surface area contributed by atoms with Crippen molar-refractivity contribution in [3.8, 4) is 10.4 Å². The summed E-state index contributed by atoms with van der Waals surface area (Å²) in [6.07, 6.45) is 1.52. The first-order valence-electron chi connectivity index (χ1n) is 8.81. The number of thiazole rings is 1. The van der Waals surface area contributed by atoms with Crippen molar-refractivity contribution in [3.05, 3.63) is 41.0 Å². The molecular weight excluding hydrogens is 348 g/mol. The lowest BCUT2D eigenvalue weighted by atomic mass is 10.0. The van der Waals surface area contributed by atoms with Crippen molar-refractivity contribution in [1.29, 1.82) is 0 Å². The van der Waals surface area contributed by atoms with E-state index in [0.717, 1.165) is 28.1 Å². The normalized spacial score (nSPS) is 18.0. The van der Waals surface area contributed by atoms with Gasteiger partial charge in [0.15, 0.2) is 0 Å². The van der Waals surface area contributed by atoms with Crippen LogP contribution in [0.3, 0.4) is 0 Å². The van der Waals surface area contributed by atoms with Crippen molar-refractivity contribution in [2.75, 3.05) is 13.1 Å². The summed E-state index contributed by atoms with van der Waals surface area (Å²) in [6, 6.07) is 7.62. The molecule has 6 nitrogen and oxygen atoms in total. The molecule has 0 aliphatic carbocycles. The second kappa shape index (κ2) is 7.97. The molecule has 0 saturated carbocycles. The zero-order chi connectivity index (χ0) is 18.7. The van der Waals surface area contributed by atoms with Crippen LogP contribution in [-0.4, -0.2) is 40.8 Å². The third-order valence-corrected chi connectivity index (χ3v) is 5.81. The number of aryl methyl sites for hydroxylation is 1. The van der Waals surface area contributed by atoms with E-state index in [0.29, 0.717) is 13.0 Å². The molecular formula is C19H24N4O2S. The molecule has 0 radical (unpaired) electrons. The van der Waals surface area contributed by atoms with Crippen LogP contribution in [0.1, 0.15) is 37.1 Å². The summed E-state index contributed by atoms with van der Waals surface area (Å²) in [5.74, 6) is -0.279. The molecule has 2 heterocycles. The van der Waals surface area contributed by atoms with Crippen LogP contribution in [0.25, 0.3) is 10.4 Å². The number of amides is 2. The number of nitrogens with one attached hydrogen (secondary N) is 1. The first kappa shape index (κ1) is 18.5. The zero-order valence-corrected chi connectivity index (χ0v) is 15.9. The SMILES string of the molecule is Cc1ncsc1-c1ccc(C(C)NC(=O)C2CCCN2C(=O)CN)cc1. The Bertz CT molecular complexity index is 787. The molecule has 138 valence electrons. The number of aromatic nitrogens is 1. The average molecular weight is 372 g/mol. The van der Waals surface area contributed by atoms with Crippen LogP contribution in [0.5, 0.6) is 0 Å². The molecule has 26 heavy (non-hydrogen) atoms. The largest absolute Gasteiger partial charge is 0.348 e. The molecule has 7 heteroatoms. The minimum atomic E-state index is -0.410. The Morgan fingerprint density at radius 1 is 1.38 bits per heavy atom. The average Bonchev–Trinajstić information content (AvgIpc) is 3.30. The molecule has 1 saturated heterocycles. The second-order valence-corrected chi connectivity index (χ2v) is 7.42. The van der Waals surface area contributed by atoms with Gasteiger partial charge in [0.2, 0.25) is 11.8 Å². The lowest BCUT2D eigenvalue weighted by Gasteiger charge is -2.25. The van der Waals surface area contributed by atoms with E-state index in [4.69, 9.17) is 5.73 Å². The van der Waals surface area contributed by atoms with Crippen molar-refractivity contribution in [1.82, 2.24) is 15.2 Å². The first-order valence-corrected chi connectivity index (χ1v) is 9.69. The topological polar surface area (TPSA) is 88.3 Å². The fourth-order valence-electron chi connectivity index (χ4n) is 3.35. The van der Waals surface area contributed by atoms with E-state index in [1.54, 1.807) is 16.2 Å². The second-order valence-electron chi connectivity index (χ2n) is 6.57. The third kappa shape index (κ3) is 3.78. The highest BCUT2D eigenvalue weighted by molar-refractivity contribution is 7.13. The molecule has 2 unspecified atom stereocenters. The van der Waals surface area contributed by atoms with E-state index >= 15 is 0 Å². The van der Waals surface area contributed by atoms with Gasteiger partial charge in [-0.3, -0.25) is 9.59 Å². The van der Waals surface area contributed by atoms with E-state index in [9.17, 15) is 9.59 Å². The number of carbonyl (C=O) groups excluding carboxylic acids is 2. The molecule has 1 aliphatic heterocycles. The molecule has 1 aromatic heterocycles. The number of carbonyl (C=O) groups is 2. The number of nitrogens with zero attached hydrogens (tertiary/aromatic N) is 2. The molecule has 0 bridgehead atoms. The van der Waals surface area contributed by atoms with Crippen LogP contribution in [0.4, 0.5) is 0 Å². The van der Waals surface area contributed by atoms with Crippen molar-refractivity contribution in [2.45, 2.75) is 38.8 Å². The fourth-order valence-corrected chi connectivity index (χ4v) is 4.16. The maximum absolute atomic E-state index is 12.6. The molecule has 1 fully saturated rings. The van der Waals surface area contributed by atoms with Gasteiger partial charge in [-0.05, 0) is 37.8 Å². The summed E-state index contributed by atoms with van der Waals surface area (Å²) in [7, 11) is 0. The van der Waals surface area contributed by atoms with Gasteiger partial charge < -0.3 is 16.0 Å². The molecule has 1 aliphatic rings. The Morgan fingerprint density at radius 3 is 2.73 bits per heavy atom. The summed E-state index contributed by atoms with van der Waals surface area (Å²) in [4.78, 5) is 31.5. The van der Waals surface area contributed by atoms with E-state index in [1.807, 2.05) is 31.5 Å². The van der Waals surface area contributed by atoms with Crippen molar-refractivity contribution < 1.29 is 9.59 Å². The van der Waals surface area contributed by atoms with Crippen LogP contribution in [-0.2, 0) is 9.59 Å². The van der Waals surface area contributed by atoms with Gasteiger partial charge >= 0.3 is 0 Å². The fraction of sp³-hybridized carbons (Fsp3) is 0.421. The molecule has 1 aromatic carbocycles. The van der Waals surface area contributed by atoms with Crippen molar-refractivity contribution >= 4 is 23.2 Å². The third-order valence-electron chi connectivity index (χ3n) is 4.83. The predicted octanol–water partition coefficient (Wildman–Crippen LogP) is 2.25. The molecule has 3 rings (SSSR count). The highest BCUT2D eigenvalue weighted by Crippen LogP contribution is 2.28. The van der Waals surface area contributed by atoms with Crippen molar-refractivity contribution in [3.63, 3.8) is 0 Å². The zero-order valence-electron chi connectivity index (χ0n) is 15.1. The minimum Gasteiger partial charge on any atom is -0.348 e. The molecule has 0 spiro atoms. The Balaban J connectivity index is 1.66. The summed E-state index contributed by atoms with van der Waals surface area (Å²) in [6.45, 7) is 4.50. The minimum absolute atomic E-state index is 0.0577. The molecule has 2 amide bonds. The van der Waals surface area contributed by atoms with Crippen LogP contribution < -0.4 is 11.1 Å². The Morgan fingerprint density at radius 2 is 2.12 bits per heavy atom. The van der Waals surface area contributed by atoms with Gasteiger partial charge in [-0.25, -0.2) is 4.98 Å². The number of hydrogen-bond acceptors (Lipinski definition) is 5. The van der Waals surface area contributed by atoms with Gasteiger partial charge in [0.1, 0.15) is 6.04 Å². The monoisotopic (exact) mass is 372 g/mol. The van der Waals surface area contributed by atoms with Crippen LogP contribution in [0.15, 0.2) is 29.8 Å². The number of rotatable bonds is 5. The Kier molecular flexibility index (Phi) is 5.68. The van der Waals surface area contributed by atoms with Crippen LogP contribution >= 0.6 is 11.3 Å². The standard InChI is InChI=1S/C19H24N4O2S/c1-12(22-19(25)16-4-3-9-23(16)17(24)10-20)14-5-7-15(8-6-14)18-13(2)21-11-26-18/h5-8,11-12,16H,3-4,9-10,20H2,1-2H3,(H,22,25). The van der Waals surface area contributed by atoms with Crippen LogP contribution in [0.2, 0.25) is 0 Å². The lowest BCUT2D eigenvalue weighted by Crippen LogP contribution is -2.48. The van der Waals surface area contributed by atoms with Gasteiger partial charge in [0, 0.05) is 6.54 Å². The summed E-state index contributed by atoms with van der Waals surface area (Å²) < 4.78 is 0. The summed E-state index contributed by atoms with van der Waals surface area (Å²) in [5.41, 5.74) is 10.5. The maximum atomic E-state index is 12.6. The van der Waals surface area contributed by atoms with E-state index in [-0.39, 0.29) is 24.4 Å². The number of hydrogen-bond donors (Lipinski definition) is 2. The Labute approximate surface area is 157 Å². The predicted molar refractivity (Wildman–Crippen MR) is 103 cm³/mol. The first-order chi connectivity index (χ1) is 12.5. The summed E-state index contributed by atoms with van der Waals surface area (Å²) >= 11 is 1.62. The highest BCUT2D eigenvalue weighted by Gasteiger charge is 2.33. The van der Waals surface area contributed by atoms with E-state index in [1.165, 1.54) is 0 Å². The number of nitrogens with two attached hydrogens (primary N) is 1. The van der Waals surface area contributed by atoms with Gasteiger partial charge in [-0.2, -0.15) is 0 Å². The summed E-state index contributed by atoms with van der Waals surface area (Å²) in [5, 5.41) is 3.03. The van der Waals surface area contributed by atoms with Gasteiger partial charge in [-0.1, -0.05) is 24.3 Å². The van der Waals surface area contributed by atoms with Gasteiger partial charge in [-0.15, -0.1) is 11.3 Å².